The number of hydrogen-bond acceptors (Lipinski definition) is 7. The van der Waals surface area contributed by atoms with Crippen LogP contribution in [0.5, 0.6) is 0 Å². The second-order valence-corrected chi connectivity index (χ2v) is 11.0. The van der Waals surface area contributed by atoms with Crippen molar-refractivity contribution in [2.24, 2.45) is 5.11 Å². The number of nitrogens with one attached hydrogen (secondary N) is 2. The summed E-state index contributed by atoms with van der Waals surface area (Å²) >= 11 is 0. The van der Waals surface area contributed by atoms with Crippen LogP contribution >= 0.6 is 0 Å². The Bertz CT molecular complexity index is 1350. The molecule has 3 aromatic rings. The zero-order valence-corrected chi connectivity index (χ0v) is 24.5. The van der Waals surface area contributed by atoms with Crippen LogP contribution in [0.4, 0.5) is 11.4 Å². The van der Waals surface area contributed by atoms with E-state index in [0.29, 0.717) is 17.9 Å². The highest BCUT2D eigenvalue weighted by atomic mass is 16.5. The number of likely N-dealkylation sites (N-methyl/N-ethyl adjacent to an activating group) is 1. The zero-order chi connectivity index (χ0) is 29.2. The number of ether oxygens (including phenoxy) is 1. The first-order valence-corrected chi connectivity index (χ1v) is 14.7. The molecule has 0 amide bonds. The Kier molecular flexibility index (Phi) is 10.8. The summed E-state index contributed by atoms with van der Waals surface area (Å²) in [5.41, 5.74) is 17.0. The van der Waals surface area contributed by atoms with Gasteiger partial charge < -0.3 is 15.0 Å². The third-order valence-corrected chi connectivity index (χ3v) is 8.05. The van der Waals surface area contributed by atoms with Crippen molar-refractivity contribution in [1.29, 1.82) is 5.53 Å². The SMILES string of the molecule is CCOC(=O)CC(c1ccc2c(c1)CN(C)CC2)c1ccc(NCCCCCc2ccc(C=O)cc2)c(N=N)c1C. The van der Waals surface area contributed by atoms with Crippen LogP contribution in [0.15, 0.2) is 59.7 Å². The number of fused-ring (bicyclic) bond motifs is 1. The Morgan fingerprint density at radius 2 is 1.90 bits per heavy atom. The van der Waals surface area contributed by atoms with Crippen LogP contribution in [0.1, 0.15) is 82.3 Å². The van der Waals surface area contributed by atoms with Gasteiger partial charge in [-0.1, -0.05) is 55.0 Å². The Labute approximate surface area is 243 Å². The highest BCUT2D eigenvalue weighted by molar-refractivity contribution is 5.75. The Hall–Kier alpha value is -3.84. The van der Waals surface area contributed by atoms with E-state index in [1.165, 1.54) is 16.7 Å². The average Bonchev–Trinajstić information content (AvgIpc) is 2.98. The smallest absolute Gasteiger partial charge is 0.306 e. The van der Waals surface area contributed by atoms with E-state index in [1.54, 1.807) is 0 Å². The van der Waals surface area contributed by atoms with Crippen molar-refractivity contribution >= 4 is 23.6 Å². The largest absolute Gasteiger partial charge is 0.466 e. The van der Waals surface area contributed by atoms with Gasteiger partial charge in [0.2, 0.25) is 0 Å². The molecule has 1 unspecified atom stereocenters. The molecule has 41 heavy (non-hydrogen) atoms. The lowest BCUT2D eigenvalue weighted by Crippen LogP contribution is -2.26. The van der Waals surface area contributed by atoms with Crippen LogP contribution < -0.4 is 5.32 Å². The van der Waals surface area contributed by atoms with Gasteiger partial charge in [-0.15, -0.1) is 0 Å². The first kappa shape index (κ1) is 30.1. The molecule has 1 heterocycles. The Morgan fingerprint density at radius 1 is 1.10 bits per heavy atom. The molecule has 0 spiro atoms. The summed E-state index contributed by atoms with van der Waals surface area (Å²) in [7, 11) is 2.14. The molecule has 0 bridgehead atoms. The van der Waals surface area contributed by atoms with Gasteiger partial charge in [-0.3, -0.25) is 9.59 Å². The van der Waals surface area contributed by atoms with Crippen LogP contribution in [-0.2, 0) is 28.9 Å². The quantitative estimate of drug-likeness (QED) is 0.0939. The monoisotopic (exact) mass is 554 g/mol. The number of aryl methyl sites for hydroxylation is 1. The Balaban J connectivity index is 1.45. The van der Waals surface area contributed by atoms with E-state index >= 15 is 0 Å². The molecule has 1 aliphatic rings. The molecule has 0 fully saturated rings. The summed E-state index contributed by atoms with van der Waals surface area (Å²) in [4.78, 5) is 25.9. The number of aldehydes is 1. The molecule has 7 nitrogen and oxygen atoms in total. The second-order valence-electron chi connectivity index (χ2n) is 11.0. The van der Waals surface area contributed by atoms with Crippen LogP contribution in [0, 0.1) is 12.5 Å². The van der Waals surface area contributed by atoms with E-state index in [-0.39, 0.29) is 18.3 Å². The van der Waals surface area contributed by atoms with Crippen LogP contribution in [0.3, 0.4) is 0 Å². The number of hydrogen-bond donors (Lipinski definition) is 2. The average molecular weight is 555 g/mol. The minimum Gasteiger partial charge on any atom is -0.466 e. The minimum absolute atomic E-state index is 0.179. The molecule has 0 saturated carbocycles. The van der Waals surface area contributed by atoms with Gasteiger partial charge in [0.25, 0.3) is 0 Å². The lowest BCUT2D eigenvalue weighted by Gasteiger charge is -2.27. The summed E-state index contributed by atoms with van der Waals surface area (Å²) in [5, 5.41) is 7.39. The normalized spacial score (nSPS) is 13.7. The fourth-order valence-electron chi connectivity index (χ4n) is 5.73. The maximum Gasteiger partial charge on any atom is 0.306 e. The number of unbranched alkanes of at least 4 members (excludes halogenated alkanes) is 2. The number of rotatable bonds is 14. The van der Waals surface area contributed by atoms with E-state index in [1.807, 2.05) is 44.2 Å². The number of nitrogens with zero attached hydrogens (tertiary/aromatic N) is 2. The molecule has 0 radical (unpaired) electrons. The number of anilines is 1. The van der Waals surface area contributed by atoms with Crippen molar-refractivity contribution < 1.29 is 14.3 Å². The molecule has 3 aromatic carbocycles. The van der Waals surface area contributed by atoms with E-state index in [9.17, 15) is 9.59 Å². The van der Waals surface area contributed by atoms with Crippen molar-refractivity contribution in [2.75, 3.05) is 32.1 Å². The van der Waals surface area contributed by atoms with Gasteiger partial charge in [-0.25, -0.2) is 5.53 Å². The molecule has 0 saturated heterocycles. The molecule has 216 valence electrons. The minimum atomic E-state index is -0.224. The van der Waals surface area contributed by atoms with Crippen LogP contribution in [0.25, 0.3) is 0 Å². The molecule has 1 atom stereocenters. The fraction of sp³-hybridized carbons (Fsp3) is 0.412. The number of esters is 1. The van der Waals surface area contributed by atoms with Crippen molar-refractivity contribution in [1.82, 2.24) is 4.90 Å². The van der Waals surface area contributed by atoms with Gasteiger partial charge in [-0.05, 0) is 86.0 Å². The molecule has 2 N–H and O–H groups in total. The number of carbonyl (C=O) groups is 2. The highest BCUT2D eigenvalue weighted by Gasteiger charge is 2.25. The third kappa shape index (κ3) is 7.88. The van der Waals surface area contributed by atoms with Gasteiger partial charge in [0.1, 0.15) is 12.0 Å². The molecule has 1 aliphatic heterocycles. The Morgan fingerprint density at radius 3 is 2.63 bits per heavy atom. The van der Waals surface area contributed by atoms with Crippen molar-refractivity contribution in [3.63, 3.8) is 0 Å². The van der Waals surface area contributed by atoms with Crippen molar-refractivity contribution in [3.05, 3.63) is 93.5 Å². The summed E-state index contributed by atoms with van der Waals surface area (Å²) < 4.78 is 5.36. The molecule has 7 heteroatoms. The van der Waals surface area contributed by atoms with Gasteiger partial charge in [-0.2, -0.15) is 5.11 Å². The second kappa shape index (κ2) is 14.7. The van der Waals surface area contributed by atoms with Gasteiger partial charge >= 0.3 is 5.97 Å². The highest BCUT2D eigenvalue weighted by Crippen LogP contribution is 2.39. The van der Waals surface area contributed by atoms with Crippen LogP contribution in [0.2, 0.25) is 0 Å². The molecule has 4 rings (SSSR count). The summed E-state index contributed by atoms with van der Waals surface area (Å²) in [5.74, 6) is -0.403. The van der Waals surface area contributed by atoms with Gasteiger partial charge in [0, 0.05) is 31.1 Å². The summed E-state index contributed by atoms with van der Waals surface area (Å²) in [6.45, 7) is 6.91. The van der Waals surface area contributed by atoms with E-state index < -0.39 is 0 Å². The van der Waals surface area contributed by atoms with Crippen LogP contribution in [-0.4, -0.2) is 43.9 Å². The topological polar surface area (TPSA) is 94.8 Å². The molecular formula is C34H42N4O3. The third-order valence-electron chi connectivity index (χ3n) is 8.05. The maximum atomic E-state index is 12.7. The molecule has 0 aromatic heterocycles. The lowest BCUT2D eigenvalue weighted by molar-refractivity contribution is -0.143. The maximum absolute atomic E-state index is 12.7. The molecule has 0 aliphatic carbocycles. The molecular weight excluding hydrogens is 512 g/mol. The summed E-state index contributed by atoms with van der Waals surface area (Å²) in [6.07, 6.45) is 6.27. The van der Waals surface area contributed by atoms with E-state index in [4.69, 9.17) is 10.3 Å². The van der Waals surface area contributed by atoms with Crippen molar-refractivity contribution in [3.8, 4) is 0 Å². The van der Waals surface area contributed by atoms with Gasteiger partial charge in [0.15, 0.2) is 0 Å². The number of benzene rings is 3. The predicted octanol–water partition coefficient (Wildman–Crippen LogP) is 7.37. The number of carbonyl (C=O) groups excluding carboxylic acids is 2. The predicted molar refractivity (Wildman–Crippen MR) is 163 cm³/mol. The standard InChI is InChI=1S/C34H42N4O3/c1-4-41-33(40)21-31(28-14-13-27-17-19-38(3)22-29(27)20-28)30-15-16-32(34(37-35)24(30)2)36-18-7-5-6-8-25-9-11-26(23-39)12-10-25/h9-16,20,23,31,35-36H,4-8,17-19,21-22H2,1-3H3. The zero-order valence-electron chi connectivity index (χ0n) is 24.5. The first-order valence-electron chi connectivity index (χ1n) is 14.7. The fourth-order valence-corrected chi connectivity index (χ4v) is 5.73. The van der Waals surface area contributed by atoms with Crippen molar-refractivity contribution in [2.45, 2.75) is 64.8 Å². The van der Waals surface area contributed by atoms with Gasteiger partial charge in [0.05, 0.1) is 18.7 Å². The first-order chi connectivity index (χ1) is 19.9. The lowest BCUT2D eigenvalue weighted by atomic mass is 9.83. The van der Waals surface area contributed by atoms with E-state index in [0.717, 1.165) is 80.4 Å². The summed E-state index contributed by atoms with van der Waals surface area (Å²) in [6, 6.07) is 18.4. The van der Waals surface area contributed by atoms with E-state index in [2.05, 4.69) is 46.6 Å².